The van der Waals surface area contributed by atoms with Crippen LogP contribution in [0.3, 0.4) is 0 Å². The number of hydrogen-bond donors (Lipinski definition) is 6. The van der Waals surface area contributed by atoms with Gasteiger partial charge in [0.15, 0.2) is 5.58 Å². The quantitative estimate of drug-likeness (QED) is 0.303. The third kappa shape index (κ3) is 4.02. The molecule has 0 amide bonds. The van der Waals surface area contributed by atoms with Gasteiger partial charge in [-0.25, -0.2) is 4.98 Å². The molecule has 1 fully saturated rings. The summed E-state index contributed by atoms with van der Waals surface area (Å²) in [7, 11) is 0. The van der Waals surface area contributed by atoms with Crippen molar-refractivity contribution in [2.45, 2.75) is 31.3 Å². The number of nitrogen functional groups attached to an aromatic ring is 1. The molecule has 30 heavy (non-hydrogen) atoms. The van der Waals surface area contributed by atoms with E-state index in [0.29, 0.717) is 34.4 Å². The lowest BCUT2D eigenvalue weighted by Gasteiger charge is -2.20. The summed E-state index contributed by atoms with van der Waals surface area (Å²) >= 11 is 6.32. The molecule has 0 saturated heterocycles. The third-order valence-corrected chi connectivity index (χ3v) is 5.38. The molecule has 0 unspecified atom stereocenters. The van der Waals surface area contributed by atoms with Crippen LogP contribution in [0.2, 0.25) is 5.15 Å². The first-order valence-electron chi connectivity index (χ1n) is 8.97. The summed E-state index contributed by atoms with van der Waals surface area (Å²) in [5.41, 5.74) is 7.04. The Kier molecular flexibility index (Phi) is 6.65. The van der Waals surface area contributed by atoms with Crippen LogP contribution in [0.5, 0.6) is 0 Å². The van der Waals surface area contributed by atoms with Gasteiger partial charge in [0.05, 0.1) is 36.2 Å². The molecular weight excluding hydrogens is 437 g/mol. The fourth-order valence-electron chi connectivity index (χ4n) is 3.60. The summed E-state index contributed by atoms with van der Waals surface area (Å²) in [4.78, 5) is 12.2. The predicted octanol–water partition coefficient (Wildman–Crippen LogP) is 0.949. The summed E-state index contributed by atoms with van der Waals surface area (Å²) in [6, 6.07) is 2.81. The van der Waals surface area contributed by atoms with Crippen molar-refractivity contribution in [3.63, 3.8) is 0 Å². The maximum atomic E-state index is 10.3. The van der Waals surface area contributed by atoms with Gasteiger partial charge in [0.2, 0.25) is 5.95 Å². The minimum Gasteiger partial charge on any atom is -0.454 e. The molecule has 12 heteroatoms. The maximum absolute atomic E-state index is 10.3. The minimum atomic E-state index is -1.11. The van der Waals surface area contributed by atoms with Gasteiger partial charge in [-0.05, 0) is 18.6 Å². The van der Waals surface area contributed by atoms with Crippen LogP contribution in [0.4, 0.5) is 11.8 Å². The van der Waals surface area contributed by atoms with Gasteiger partial charge in [-0.1, -0.05) is 11.6 Å². The number of furan rings is 1. The average Bonchev–Trinajstić information content (AvgIpc) is 3.22. The van der Waals surface area contributed by atoms with E-state index in [9.17, 15) is 20.4 Å². The number of aliphatic hydroxyl groups is 4. The Morgan fingerprint density at radius 1 is 1.20 bits per heavy atom. The lowest BCUT2D eigenvalue weighted by Crippen LogP contribution is -2.35. The Hall–Kier alpha value is -2.21. The number of nitrogens with one attached hydrogen (secondary N) is 1. The maximum Gasteiger partial charge on any atom is 0.223 e. The summed E-state index contributed by atoms with van der Waals surface area (Å²) in [5.74, 6) is 0.0333. The second-order valence-electron chi connectivity index (χ2n) is 6.99. The molecule has 0 bridgehead atoms. The molecule has 3 aromatic rings. The lowest BCUT2D eigenvalue weighted by atomic mass is 10.1. The van der Waals surface area contributed by atoms with Gasteiger partial charge < -0.3 is 35.9 Å². The van der Waals surface area contributed by atoms with Gasteiger partial charge in [-0.2, -0.15) is 4.98 Å². The number of hydrogen-bond acceptors (Lipinski definition) is 10. The van der Waals surface area contributed by atoms with Crippen LogP contribution in [0.1, 0.15) is 12.1 Å². The number of fused-ring (bicyclic) bond motifs is 1. The van der Waals surface area contributed by atoms with Crippen molar-refractivity contribution in [1.29, 1.82) is 0 Å². The van der Waals surface area contributed by atoms with Gasteiger partial charge in [0, 0.05) is 17.9 Å². The van der Waals surface area contributed by atoms with Crippen LogP contribution in [0, 0.1) is 5.92 Å². The number of nitrogens with two attached hydrogens (primary N) is 1. The van der Waals surface area contributed by atoms with E-state index in [-0.39, 0.29) is 42.5 Å². The SMILES string of the molecule is Cl.Nc1nc(Cl)c(-c2cc3cc(CO)ncc3o2)c(N[C@@H]2C[C@H](CO)[C@@H](O)[C@H]2O)n1. The van der Waals surface area contributed by atoms with Crippen LogP contribution >= 0.6 is 24.0 Å². The molecule has 0 aromatic carbocycles. The average molecular weight is 458 g/mol. The molecule has 7 N–H and O–H groups in total. The normalized spacial score (nSPS) is 23.5. The second-order valence-corrected chi connectivity index (χ2v) is 7.35. The molecule has 4 atom stereocenters. The van der Waals surface area contributed by atoms with Gasteiger partial charge >= 0.3 is 0 Å². The topological polar surface area (TPSA) is 171 Å². The molecule has 3 heterocycles. The molecule has 10 nitrogen and oxygen atoms in total. The zero-order valence-electron chi connectivity index (χ0n) is 15.6. The first kappa shape index (κ1) is 22.5. The molecule has 1 aliphatic rings. The van der Waals surface area contributed by atoms with E-state index >= 15 is 0 Å². The highest BCUT2D eigenvalue weighted by molar-refractivity contribution is 6.32. The largest absolute Gasteiger partial charge is 0.454 e. The van der Waals surface area contributed by atoms with E-state index < -0.39 is 24.2 Å². The highest BCUT2D eigenvalue weighted by Gasteiger charge is 2.41. The fraction of sp³-hybridized carbons (Fsp3) is 0.389. The van der Waals surface area contributed by atoms with Gasteiger partial charge in [0.1, 0.15) is 22.8 Å². The van der Waals surface area contributed by atoms with Crippen molar-refractivity contribution in [3.8, 4) is 11.3 Å². The zero-order valence-corrected chi connectivity index (χ0v) is 17.1. The number of rotatable bonds is 5. The zero-order chi connectivity index (χ0) is 20.7. The molecule has 0 aliphatic heterocycles. The highest BCUT2D eigenvalue weighted by atomic mass is 35.5. The van der Waals surface area contributed by atoms with Crippen LogP contribution in [0.25, 0.3) is 22.3 Å². The monoisotopic (exact) mass is 457 g/mol. The number of aliphatic hydroxyl groups excluding tert-OH is 4. The molecule has 1 saturated carbocycles. The standard InChI is InChI=1S/C18H20ClN5O5.ClH/c19-16-13(11-3-7-1-9(6-26)21-4-12(7)29-11)17(24-18(20)23-16)22-10-2-8(5-25)14(27)15(10)28;/h1,3-4,8,10,14-15,25-28H,2,5-6H2,(H3,20,22,23,24);1H/t8-,10-,14-,15+;/m1./s1. The summed E-state index contributed by atoms with van der Waals surface area (Å²) in [6.07, 6.45) is -0.359. The Bertz CT molecular complexity index is 1050. The van der Waals surface area contributed by atoms with Gasteiger partial charge in [-0.15, -0.1) is 12.4 Å². The first-order valence-corrected chi connectivity index (χ1v) is 9.35. The molecule has 1 aliphatic carbocycles. The van der Waals surface area contributed by atoms with E-state index in [1.807, 2.05) is 0 Å². The molecule has 4 rings (SSSR count). The minimum absolute atomic E-state index is 0. The van der Waals surface area contributed by atoms with Crippen molar-refractivity contribution >= 4 is 46.7 Å². The van der Waals surface area contributed by atoms with E-state index in [4.69, 9.17) is 21.8 Å². The summed E-state index contributed by atoms with van der Waals surface area (Å²) in [6.45, 7) is -0.456. The molecule has 3 aromatic heterocycles. The summed E-state index contributed by atoms with van der Waals surface area (Å²) in [5, 5.41) is 42.8. The smallest absolute Gasteiger partial charge is 0.223 e. The Labute approximate surface area is 182 Å². The van der Waals surface area contributed by atoms with Gasteiger partial charge in [0.25, 0.3) is 0 Å². The number of pyridine rings is 1. The van der Waals surface area contributed by atoms with Crippen LogP contribution < -0.4 is 11.1 Å². The van der Waals surface area contributed by atoms with Crippen molar-refractivity contribution < 1.29 is 24.8 Å². The Morgan fingerprint density at radius 3 is 2.63 bits per heavy atom. The van der Waals surface area contributed by atoms with E-state index in [1.54, 1.807) is 12.1 Å². The van der Waals surface area contributed by atoms with E-state index in [2.05, 4.69) is 20.3 Å². The molecular formula is C18H21Cl2N5O5. The molecule has 0 radical (unpaired) electrons. The Morgan fingerprint density at radius 2 is 1.97 bits per heavy atom. The van der Waals surface area contributed by atoms with Crippen molar-refractivity contribution in [3.05, 3.63) is 29.2 Å². The second kappa shape index (κ2) is 8.88. The van der Waals surface area contributed by atoms with E-state index in [1.165, 1.54) is 6.20 Å². The molecule has 0 spiro atoms. The van der Waals surface area contributed by atoms with Crippen molar-refractivity contribution in [1.82, 2.24) is 15.0 Å². The van der Waals surface area contributed by atoms with Gasteiger partial charge in [-0.3, -0.25) is 4.98 Å². The molecule has 162 valence electrons. The fourth-order valence-corrected chi connectivity index (χ4v) is 3.87. The third-order valence-electron chi connectivity index (χ3n) is 5.11. The number of nitrogens with zero attached hydrogens (tertiary/aromatic N) is 3. The predicted molar refractivity (Wildman–Crippen MR) is 112 cm³/mol. The van der Waals surface area contributed by atoms with E-state index in [0.717, 1.165) is 0 Å². The van der Waals surface area contributed by atoms with Crippen molar-refractivity contribution in [2.24, 2.45) is 5.92 Å². The Balaban J connectivity index is 0.00000256. The summed E-state index contributed by atoms with van der Waals surface area (Å²) < 4.78 is 5.83. The highest BCUT2D eigenvalue weighted by Crippen LogP contribution is 2.38. The van der Waals surface area contributed by atoms with Crippen LogP contribution in [0.15, 0.2) is 22.7 Å². The first-order chi connectivity index (χ1) is 13.9. The lowest BCUT2D eigenvalue weighted by molar-refractivity contribution is 0.00446. The van der Waals surface area contributed by atoms with Crippen molar-refractivity contribution in [2.75, 3.05) is 17.7 Å². The number of aromatic nitrogens is 3. The van der Waals surface area contributed by atoms with Crippen LogP contribution in [-0.4, -0.2) is 60.2 Å². The number of halogens is 2. The van der Waals surface area contributed by atoms with Crippen LogP contribution in [-0.2, 0) is 6.61 Å². The number of anilines is 2.